The number of hydrogen-bond donors (Lipinski definition) is 3. The van der Waals surface area contributed by atoms with Crippen LogP contribution in [0.25, 0.3) is 0 Å². The molecule has 1 atom stereocenters. The van der Waals surface area contributed by atoms with Gasteiger partial charge in [0.2, 0.25) is 0 Å². The molecule has 4 heteroatoms. The number of allylic oxidation sites excluding steroid dienone is 2. The third-order valence-electron chi connectivity index (χ3n) is 2.50. The van der Waals surface area contributed by atoms with E-state index >= 15 is 0 Å². The van der Waals surface area contributed by atoms with Crippen LogP contribution in [0.15, 0.2) is 34.1 Å². The smallest absolute Gasteiger partial charge is 0.0869 e. The Balaban J connectivity index is 2.13. The minimum atomic E-state index is 0.193. The highest BCUT2D eigenvalue weighted by molar-refractivity contribution is 9.11. The summed E-state index contributed by atoms with van der Waals surface area (Å²) in [4.78, 5) is 0. The first-order chi connectivity index (χ1) is 6.77. The zero-order valence-corrected chi connectivity index (χ0v) is 9.47. The first-order valence-corrected chi connectivity index (χ1v) is 5.55. The molecule has 2 heterocycles. The van der Waals surface area contributed by atoms with Crippen LogP contribution >= 0.6 is 15.9 Å². The molecule has 2 rings (SSSR count). The van der Waals surface area contributed by atoms with Crippen molar-refractivity contribution in [1.29, 1.82) is 0 Å². The monoisotopic (exact) mass is 255 g/mol. The number of hydrogen-bond acceptors (Lipinski definition) is 3. The Hall–Kier alpha value is -0.740. The number of halogens is 1. The van der Waals surface area contributed by atoms with Crippen molar-refractivity contribution >= 4 is 15.9 Å². The molecule has 2 aliphatic rings. The molecule has 0 aromatic carbocycles. The average molecular weight is 256 g/mol. The number of nitrogens with one attached hydrogen (secondary N) is 2. The highest BCUT2D eigenvalue weighted by atomic mass is 79.9. The summed E-state index contributed by atoms with van der Waals surface area (Å²) in [5, 5.41) is 6.58. The highest BCUT2D eigenvalue weighted by Crippen LogP contribution is 2.20. The maximum Gasteiger partial charge on any atom is 0.0869 e. The minimum absolute atomic E-state index is 0.193. The van der Waals surface area contributed by atoms with Crippen LogP contribution in [0.4, 0.5) is 0 Å². The Bertz CT molecular complexity index is 317. The average Bonchev–Trinajstić information content (AvgIpc) is 2.19. The Morgan fingerprint density at radius 3 is 3.00 bits per heavy atom. The number of dihydropyridines is 1. The summed E-state index contributed by atoms with van der Waals surface area (Å²) >= 11 is 3.39. The van der Waals surface area contributed by atoms with Crippen LogP contribution in [-0.4, -0.2) is 19.1 Å². The van der Waals surface area contributed by atoms with Crippen molar-refractivity contribution in [2.75, 3.05) is 13.1 Å². The van der Waals surface area contributed by atoms with Crippen LogP contribution in [0.5, 0.6) is 0 Å². The predicted molar refractivity (Wildman–Crippen MR) is 61.8 cm³/mol. The third-order valence-corrected chi connectivity index (χ3v) is 2.95. The summed E-state index contributed by atoms with van der Waals surface area (Å²) < 4.78 is 1.00. The van der Waals surface area contributed by atoms with E-state index in [0.29, 0.717) is 0 Å². The molecule has 0 fully saturated rings. The zero-order chi connectivity index (χ0) is 9.97. The van der Waals surface area contributed by atoms with Gasteiger partial charge in [-0.05, 0) is 40.5 Å². The summed E-state index contributed by atoms with van der Waals surface area (Å²) in [6, 6.07) is 0.193. The van der Waals surface area contributed by atoms with Crippen molar-refractivity contribution in [3.63, 3.8) is 0 Å². The van der Waals surface area contributed by atoms with Gasteiger partial charge in [-0.2, -0.15) is 0 Å². The van der Waals surface area contributed by atoms with Crippen molar-refractivity contribution in [3.05, 3.63) is 34.1 Å². The van der Waals surface area contributed by atoms with Gasteiger partial charge in [-0.15, -0.1) is 0 Å². The molecule has 14 heavy (non-hydrogen) atoms. The van der Waals surface area contributed by atoms with E-state index in [4.69, 9.17) is 5.73 Å². The van der Waals surface area contributed by atoms with E-state index in [1.54, 1.807) is 0 Å². The maximum absolute atomic E-state index is 5.97. The first kappa shape index (κ1) is 9.80. The van der Waals surface area contributed by atoms with Crippen LogP contribution < -0.4 is 16.4 Å². The predicted octanol–water partition coefficient (Wildman–Crippen LogP) is 0.957. The Morgan fingerprint density at radius 1 is 1.50 bits per heavy atom. The van der Waals surface area contributed by atoms with Crippen LogP contribution in [0, 0.1) is 0 Å². The second kappa shape index (κ2) is 4.19. The summed E-state index contributed by atoms with van der Waals surface area (Å²) in [5.74, 6) is 0. The van der Waals surface area contributed by atoms with Crippen molar-refractivity contribution in [2.45, 2.75) is 12.5 Å². The fraction of sp³-hybridized carbons (Fsp3) is 0.400. The molecule has 2 aliphatic heterocycles. The van der Waals surface area contributed by atoms with Crippen LogP contribution in [0.2, 0.25) is 0 Å². The largest absolute Gasteiger partial charge is 0.400 e. The molecular weight excluding hydrogens is 242 g/mol. The van der Waals surface area contributed by atoms with Crippen molar-refractivity contribution in [2.24, 2.45) is 5.73 Å². The normalized spacial score (nSPS) is 27.2. The maximum atomic E-state index is 5.97. The lowest BCUT2D eigenvalue weighted by atomic mass is 9.97. The first-order valence-electron chi connectivity index (χ1n) is 4.76. The molecule has 0 radical (unpaired) electrons. The Labute approximate surface area is 92.3 Å². The molecule has 0 aromatic heterocycles. The fourth-order valence-electron chi connectivity index (χ4n) is 1.77. The summed E-state index contributed by atoms with van der Waals surface area (Å²) in [6.45, 7) is 1.99. The van der Waals surface area contributed by atoms with Crippen molar-refractivity contribution in [1.82, 2.24) is 10.6 Å². The van der Waals surface area contributed by atoms with E-state index in [0.717, 1.165) is 29.7 Å². The molecule has 0 amide bonds. The quantitative estimate of drug-likeness (QED) is 0.612. The lowest BCUT2D eigenvalue weighted by Gasteiger charge is -2.26. The minimum Gasteiger partial charge on any atom is -0.400 e. The number of nitrogens with two attached hydrogens (primary N) is 1. The zero-order valence-electron chi connectivity index (χ0n) is 7.89. The second-order valence-corrected chi connectivity index (χ2v) is 4.42. The van der Waals surface area contributed by atoms with Gasteiger partial charge in [-0.3, -0.25) is 0 Å². The van der Waals surface area contributed by atoms with Gasteiger partial charge in [0.25, 0.3) is 0 Å². The van der Waals surface area contributed by atoms with Gasteiger partial charge in [0, 0.05) is 22.9 Å². The molecule has 0 bridgehead atoms. The van der Waals surface area contributed by atoms with Gasteiger partial charge in [-0.1, -0.05) is 6.08 Å². The molecule has 0 aromatic rings. The van der Waals surface area contributed by atoms with E-state index in [1.807, 2.05) is 12.3 Å². The Morgan fingerprint density at radius 2 is 2.36 bits per heavy atom. The topological polar surface area (TPSA) is 50.1 Å². The van der Waals surface area contributed by atoms with Crippen LogP contribution in [-0.2, 0) is 0 Å². The Kier molecular flexibility index (Phi) is 2.93. The molecule has 0 saturated heterocycles. The SMILES string of the molecule is NC1=CC(Br)=CNC1C1=CCNCC1. The number of rotatable bonds is 1. The van der Waals surface area contributed by atoms with E-state index in [1.165, 1.54) is 5.57 Å². The summed E-state index contributed by atoms with van der Waals surface area (Å²) in [6.07, 6.45) is 7.19. The van der Waals surface area contributed by atoms with Gasteiger partial charge in [0.15, 0.2) is 0 Å². The molecule has 4 N–H and O–H groups in total. The standard InChI is InChI=1S/C10H14BrN3/c11-8-5-9(12)10(14-6-8)7-1-3-13-4-2-7/h1,5-6,10,13-14H,2-4,12H2. The molecule has 0 spiro atoms. The fourth-order valence-corrected chi connectivity index (χ4v) is 2.16. The molecular formula is C10H14BrN3. The van der Waals surface area contributed by atoms with Crippen LogP contribution in [0.3, 0.4) is 0 Å². The van der Waals surface area contributed by atoms with Crippen molar-refractivity contribution < 1.29 is 0 Å². The van der Waals surface area contributed by atoms with Gasteiger partial charge in [-0.25, -0.2) is 0 Å². The lowest BCUT2D eigenvalue weighted by molar-refractivity contribution is 0.628. The second-order valence-electron chi connectivity index (χ2n) is 3.51. The lowest BCUT2D eigenvalue weighted by Crippen LogP contribution is -2.37. The molecule has 1 unspecified atom stereocenters. The van der Waals surface area contributed by atoms with Gasteiger partial charge >= 0.3 is 0 Å². The molecule has 3 nitrogen and oxygen atoms in total. The van der Waals surface area contributed by atoms with Gasteiger partial charge in [0.1, 0.15) is 0 Å². The molecule has 0 aliphatic carbocycles. The van der Waals surface area contributed by atoms with E-state index in [9.17, 15) is 0 Å². The van der Waals surface area contributed by atoms with Crippen molar-refractivity contribution in [3.8, 4) is 0 Å². The van der Waals surface area contributed by atoms with Crippen LogP contribution in [0.1, 0.15) is 6.42 Å². The summed E-state index contributed by atoms with van der Waals surface area (Å²) in [5.41, 5.74) is 8.23. The molecule has 0 saturated carbocycles. The third kappa shape index (κ3) is 2.01. The molecule has 76 valence electrons. The van der Waals surface area contributed by atoms with E-state index < -0.39 is 0 Å². The summed E-state index contributed by atoms with van der Waals surface area (Å²) in [7, 11) is 0. The van der Waals surface area contributed by atoms with Gasteiger partial charge < -0.3 is 16.4 Å². The van der Waals surface area contributed by atoms with Gasteiger partial charge in [0.05, 0.1) is 6.04 Å². The van der Waals surface area contributed by atoms with E-state index in [2.05, 4.69) is 32.6 Å². The highest BCUT2D eigenvalue weighted by Gasteiger charge is 2.19. The van der Waals surface area contributed by atoms with E-state index in [-0.39, 0.29) is 6.04 Å².